The minimum absolute atomic E-state index is 0.00117. The van der Waals surface area contributed by atoms with E-state index < -0.39 is 0 Å². The van der Waals surface area contributed by atoms with Gasteiger partial charge in [0, 0.05) is 37.8 Å². The Labute approximate surface area is 106 Å². The van der Waals surface area contributed by atoms with Crippen LogP contribution in [0.3, 0.4) is 0 Å². The number of rotatable bonds is 5. The molecule has 1 atom stereocenters. The maximum Gasteiger partial charge on any atom is 0.224 e. The van der Waals surface area contributed by atoms with Gasteiger partial charge < -0.3 is 15.5 Å². The summed E-state index contributed by atoms with van der Waals surface area (Å²) in [7, 11) is 0. The molecule has 2 aromatic heterocycles. The summed E-state index contributed by atoms with van der Waals surface area (Å²) in [6.45, 7) is 2.79. The third-order valence-corrected chi connectivity index (χ3v) is 2.90. The normalized spacial score (nSPS) is 12.6. The molecule has 18 heavy (non-hydrogen) atoms. The molecular weight excluding hydrogens is 228 g/mol. The van der Waals surface area contributed by atoms with Crippen LogP contribution >= 0.6 is 0 Å². The van der Waals surface area contributed by atoms with Crippen LogP contribution < -0.4 is 11.1 Å². The fourth-order valence-electron chi connectivity index (χ4n) is 1.70. The summed E-state index contributed by atoms with van der Waals surface area (Å²) in [5, 5.41) is 2.86. The molecule has 5 heteroatoms. The number of aromatic nitrogens is 2. The Kier molecular flexibility index (Phi) is 3.94. The van der Waals surface area contributed by atoms with Gasteiger partial charge in [-0.1, -0.05) is 13.0 Å². The van der Waals surface area contributed by atoms with Crippen molar-refractivity contribution in [3.63, 3.8) is 0 Å². The quantitative estimate of drug-likeness (QED) is 0.811. The molecule has 0 aliphatic carbocycles. The minimum Gasteiger partial charge on any atom is -0.355 e. The second-order valence-electron chi connectivity index (χ2n) is 4.38. The Morgan fingerprint density at radius 1 is 1.56 bits per heavy atom. The fraction of sp³-hybridized carbons (Fsp3) is 0.385. The molecule has 0 fully saturated rings. The monoisotopic (exact) mass is 246 g/mol. The van der Waals surface area contributed by atoms with Crippen LogP contribution in [0.15, 0.2) is 30.6 Å². The first-order valence-electron chi connectivity index (χ1n) is 6.11. The highest BCUT2D eigenvalue weighted by atomic mass is 16.1. The van der Waals surface area contributed by atoms with Gasteiger partial charge in [-0.15, -0.1) is 0 Å². The zero-order valence-corrected chi connectivity index (χ0v) is 10.5. The summed E-state index contributed by atoms with van der Waals surface area (Å²) >= 11 is 0. The number of amides is 1. The van der Waals surface area contributed by atoms with Crippen molar-refractivity contribution in [1.82, 2.24) is 14.7 Å². The molecule has 96 valence electrons. The van der Waals surface area contributed by atoms with Gasteiger partial charge in [0.2, 0.25) is 5.91 Å². The number of nitrogens with two attached hydrogens (primary N) is 1. The first kappa shape index (κ1) is 12.6. The van der Waals surface area contributed by atoms with Crippen LogP contribution in [0.1, 0.15) is 12.6 Å². The van der Waals surface area contributed by atoms with Crippen LogP contribution in [-0.2, 0) is 11.2 Å². The van der Waals surface area contributed by atoms with Gasteiger partial charge in [0.15, 0.2) is 0 Å². The zero-order chi connectivity index (χ0) is 13.0. The van der Waals surface area contributed by atoms with E-state index >= 15 is 0 Å². The second-order valence-corrected chi connectivity index (χ2v) is 4.38. The highest BCUT2D eigenvalue weighted by Gasteiger charge is 2.09. The largest absolute Gasteiger partial charge is 0.355 e. The molecule has 2 rings (SSSR count). The fourth-order valence-corrected chi connectivity index (χ4v) is 1.70. The van der Waals surface area contributed by atoms with E-state index in [9.17, 15) is 4.79 Å². The first-order chi connectivity index (χ1) is 8.70. The maximum absolute atomic E-state index is 11.5. The van der Waals surface area contributed by atoms with Crippen LogP contribution in [0.4, 0.5) is 0 Å². The van der Waals surface area contributed by atoms with Gasteiger partial charge in [0.25, 0.3) is 0 Å². The number of imidazole rings is 1. The predicted molar refractivity (Wildman–Crippen MR) is 70.1 cm³/mol. The minimum atomic E-state index is -0.133. The smallest absolute Gasteiger partial charge is 0.224 e. The molecule has 0 aliphatic heterocycles. The van der Waals surface area contributed by atoms with E-state index in [1.165, 1.54) is 0 Å². The number of nitrogens with one attached hydrogen (secondary N) is 1. The molecule has 2 heterocycles. The topological polar surface area (TPSA) is 72.4 Å². The summed E-state index contributed by atoms with van der Waals surface area (Å²) in [6.07, 6.45) is 4.67. The number of pyridine rings is 1. The van der Waals surface area contributed by atoms with E-state index in [1.807, 2.05) is 41.9 Å². The Hall–Kier alpha value is -1.88. The predicted octanol–water partition coefficient (Wildman–Crippen LogP) is 0.588. The lowest BCUT2D eigenvalue weighted by Gasteiger charge is -2.08. The molecule has 1 unspecified atom stereocenters. The molecule has 0 saturated carbocycles. The molecule has 0 aromatic carbocycles. The Morgan fingerprint density at radius 3 is 3.11 bits per heavy atom. The standard InChI is InChI=1S/C13H18N4O/c1-10(8-14)13(18)15-6-5-11-9-17-7-3-2-4-12(17)16-11/h2-4,7,9-10H,5-6,8,14H2,1H3,(H,15,18). The first-order valence-corrected chi connectivity index (χ1v) is 6.11. The van der Waals surface area contributed by atoms with Crippen molar-refractivity contribution in [2.75, 3.05) is 13.1 Å². The van der Waals surface area contributed by atoms with E-state index in [2.05, 4.69) is 10.3 Å². The number of nitrogens with zero attached hydrogens (tertiary/aromatic N) is 2. The molecule has 5 nitrogen and oxygen atoms in total. The van der Waals surface area contributed by atoms with E-state index in [4.69, 9.17) is 5.73 Å². The van der Waals surface area contributed by atoms with Gasteiger partial charge in [-0.05, 0) is 12.1 Å². The number of carbonyl (C=O) groups excluding carboxylic acids is 1. The average molecular weight is 246 g/mol. The van der Waals surface area contributed by atoms with Crippen LogP contribution in [0, 0.1) is 5.92 Å². The van der Waals surface area contributed by atoms with E-state index in [-0.39, 0.29) is 11.8 Å². The number of hydrogen-bond donors (Lipinski definition) is 2. The van der Waals surface area contributed by atoms with Crippen molar-refractivity contribution >= 4 is 11.6 Å². The van der Waals surface area contributed by atoms with Crippen molar-refractivity contribution in [3.8, 4) is 0 Å². The lowest BCUT2D eigenvalue weighted by molar-refractivity contribution is -0.124. The molecule has 0 bridgehead atoms. The van der Waals surface area contributed by atoms with Crippen molar-refractivity contribution in [1.29, 1.82) is 0 Å². The summed E-state index contributed by atoms with van der Waals surface area (Å²) in [6, 6.07) is 5.87. The van der Waals surface area contributed by atoms with Gasteiger partial charge >= 0.3 is 0 Å². The summed E-state index contributed by atoms with van der Waals surface area (Å²) in [4.78, 5) is 16.0. The molecule has 3 N–H and O–H groups in total. The molecule has 0 aliphatic rings. The molecule has 0 saturated heterocycles. The maximum atomic E-state index is 11.5. The lowest BCUT2D eigenvalue weighted by atomic mass is 10.1. The summed E-state index contributed by atoms with van der Waals surface area (Å²) in [5.74, 6) is -0.132. The van der Waals surface area contributed by atoms with Gasteiger partial charge in [0.1, 0.15) is 5.65 Å². The van der Waals surface area contributed by atoms with Gasteiger partial charge in [-0.25, -0.2) is 4.98 Å². The van der Waals surface area contributed by atoms with Crippen molar-refractivity contribution in [2.24, 2.45) is 11.7 Å². The number of hydrogen-bond acceptors (Lipinski definition) is 3. The highest BCUT2D eigenvalue weighted by Crippen LogP contribution is 2.04. The van der Waals surface area contributed by atoms with Crippen molar-refractivity contribution < 1.29 is 4.79 Å². The van der Waals surface area contributed by atoms with Crippen LogP contribution in [0.5, 0.6) is 0 Å². The Morgan fingerprint density at radius 2 is 2.39 bits per heavy atom. The van der Waals surface area contributed by atoms with Crippen molar-refractivity contribution in [3.05, 3.63) is 36.3 Å². The lowest BCUT2D eigenvalue weighted by Crippen LogP contribution is -2.34. The average Bonchev–Trinajstić information content (AvgIpc) is 2.80. The Bertz CT molecular complexity index is 502. The van der Waals surface area contributed by atoms with Gasteiger partial charge in [-0.3, -0.25) is 4.79 Å². The third-order valence-electron chi connectivity index (χ3n) is 2.90. The summed E-state index contributed by atoms with van der Waals surface area (Å²) < 4.78 is 1.97. The molecule has 0 spiro atoms. The van der Waals surface area contributed by atoms with Crippen LogP contribution in [-0.4, -0.2) is 28.4 Å². The SMILES string of the molecule is CC(CN)C(=O)NCCc1cn2ccccc2n1. The zero-order valence-electron chi connectivity index (χ0n) is 10.5. The van der Waals surface area contributed by atoms with Crippen molar-refractivity contribution in [2.45, 2.75) is 13.3 Å². The van der Waals surface area contributed by atoms with E-state index in [1.54, 1.807) is 0 Å². The second kappa shape index (κ2) is 5.64. The number of fused-ring (bicyclic) bond motifs is 1. The van der Waals surface area contributed by atoms with E-state index in [0.29, 0.717) is 13.1 Å². The molecule has 2 aromatic rings. The molecule has 0 radical (unpaired) electrons. The highest BCUT2D eigenvalue weighted by molar-refractivity contribution is 5.78. The molecular formula is C13H18N4O. The van der Waals surface area contributed by atoms with Gasteiger partial charge in [-0.2, -0.15) is 0 Å². The third kappa shape index (κ3) is 2.87. The van der Waals surface area contributed by atoms with Crippen LogP contribution in [0.2, 0.25) is 0 Å². The van der Waals surface area contributed by atoms with Gasteiger partial charge in [0.05, 0.1) is 5.69 Å². The molecule has 1 amide bonds. The van der Waals surface area contributed by atoms with E-state index in [0.717, 1.165) is 17.8 Å². The van der Waals surface area contributed by atoms with Crippen LogP contribution in [0.25, 0.3) is 5.65 Å². The number of carbonyl (C=O) groups is 1. The Balaban J connectivity index is 1.89. The summed E-state index contributed by atoms with van der Waals surface area (Å²) in [5.41, 5.74) is 7.33.